The SMILES string of the molecule is Fc1cccc2nc(C(F)F)sc12. The largest absolute Gasteiger partial charge is 0.289 e. The summed E-state index contributed by atoms with van der Waals surface area (Å²) in [6.45, 7) is 0. The van der Waals surface area contributed by atoms with Crippen molar-refractivity contribution in [2.45, 2.75) is 6.43 Å². The lowest BCUT2D eigenvalue weighted by molar-refractivity contribution is 0.151. The van der Waals surface area contributed by atoms with E-state index in [1.165, 1.54) is 18.2 Å². The summed E-state index contributed by atoms with van der Waals surface area (Å²) < 4.78 is 37.5. The Morgan fingerprint density at radius 1 is 1.31 bits per heavy atom. The van der Waals surface area contributed by atoms with E-state index < -0.39 is 12.2 Å². The van der Waals surface area contributed by atoms with Crippen molar-refractivity contribution in [1.82, 2.24) is 4.98 Å². The van der Waals surface area contributed by atoms with E-state index in [4.69, 9.17) is 0 Å². The first-order valence-electron chi connectivity index (χ1n) is 3.51. The van der Waals surface area contributed by atoms with Gasteiger partial charge in [-0.2, -0.15) is 0 Å². The van der Waals surface area contributed by atoms with Crippen molar-refractivity contribution in [1.29, 1.82) is 0 Å². The van der Waals surface area contributed by atoms with Gasteiger partial charge < -0.3 is 0 Å². The van der Waals surface area contributed by atoms with Gasteiger partial charge in [0.15, 0.2) is 5.01 Å². The first kappa shape index (κ1) is 8.50. The topological polar surface area (TPSA) is 12.9 Å². The molecule has 0 amide bonds. The van der Waals surface area contributed by atoms with Crippen LogP contribution in [0, 0.1) is 5.82 Å². The zero-order valence-electron chi connectivity index (χ0n) is 6.30. The Morgan fingerprint density at radius 2 is 2.08 bits per heavy atom. The van der Waals surface area contributed by atoms with Crippen LogP contribution in [-0.4, -0.2) is 4.98 Å². The van der Waals surface area contributed by atoms with E-state index in [1.54, 1.807) is 0 Å². The van der Waals surface area contributed by atoms with Crippen LogP contribution in [0.15, 0.2) is 18.2 Å². The van der Waals surface area contributed by atoms with E-state index >= 15 is 0 Å². The minimum Gasteiger partial charge on any atom is -0.235 e. The summed E-state index contributed by atoms with van der Waals surface area (Å²) in [4.78, 5) is 3.60. The number of hydrogen-bond acceptors (Lipinski definition) is 2. The molecule has 1 nitrogen and oxygen atoms in total. The molecule has 0 aliphatic heterocycles. The summed E-state index contributed by atoms with van der Waals surface area (Å²) >= 11 is 0.696. The highest BCUT2D eigenvalue weighted by Crippen LogP contribution is 2.30. The van der Waals surface area contributed by atoms with Crippen LogP contribution in [0.3, 0.4) is 0 Å². The zero-order chi connectivity index (χ0) is 9.42. The minimum atomic E-state index is -2.63. The van der Waals surface area contributed by atoms with Gasteiger partial charge in [0.2, 0.25) is 0 Å². The lowest BCUT2D eigenvalue weighted by Gasteiger charge is -1.86. The summed E-state index contributed by atoms with van der Waals surface area (Å²) in [6, 6.07) is 4.20. The molecule has 2 rings (SSSR count). The van der Waals surface area contributed by atoms with Crippen molar-refractivity contribution in [2.75, 3.05) is 0 Å². The summed E-state index contributed by atoms with van der Waals surface area (Å²) in [5.41, 5.74) is 0.292. The normalized spacial score (nSPS) is 11.4. The van der Waals surface area contributed by atoms with Crippen molar-refractivity contribution in [3.8, 4) is 0 Å². The Morgan fingerprint density at radius 3 is 2.69 bits per heavy atom. The molecule has 0 radical (unpaired) electrons. The van der Waals surface area contributed by atoms with Gasteiger partial charge in [-0.15, -0.1) is 11.3 Å². The van der Waals surface area contributed by atoms with Crippen LogP contribution >= 0.6 is 11.3 Å². The van der Waals surface area contributed by atoms with Crippen LogP contribution in [0.25, 0.3) is 10.2 Å². The predicted molar refractivity (Wildman–Crippen MR) is 44.5 cm³/mol. The number of fused-ring (bicyclic) bond motifs is 1. The Hall–Kier alpha value is -1.10. The number of nitrogens with zero attached hydrogens (tertiary/aromatic N) is 1. The number of alkyl halides is 2. The van der Waals surface area contributed by atoms with Gasteiger partial charge in [-0.3, -0.25) is 0 Å². The summed E-state index contributed by atoms with van der Waals surface area (Å²) in [7, 11) is 0. The van der Waals surface area contributed by atoms with E-state index in [9.17, 15) is 13.2 Å². The Balaban J connectivity index is 2.68. The molecule has 0 aliphatic carbocycles. The molecule has 0 aliphatic rings. The van der Waals surface area contributed by atoms with Crippen molar-refractivity contribution in [3.63, 3.8) is 0 Å². The summed E-state index contributed by atoms with van der Waals surface area (Å²) in [5, 5.41) is -0.333. The van der Waals surface area contributed by atoms with Gasteiger partial charge in [-0.1, -0.05) is 6.07 Å². The number of hydrogen-bond donors (Lipinski definition) is 0. The molecule has 0 bridgehead atoms. The molecule has 2 aromatic rings. The fourth-order valence-corrected chi connectivity index (χ4v) is 1.85. The molecule has 0 unspecified atom stereocenters. The number of thiazole rings is 1. The smallest absolute Gasteiger partial charge is 0.235 e. The molecule has 0 saturated heterocycles. The first-order valence-corrected chi connectivity index (χ1v) is 4.33. The van der Waals surface area contributed by atoms with Crippen LogP contribution in [0.1, 0.15) is 11.4 Å². The van der Waals surface area contributed by atoms with Crippen molar-refractivity contribution >= 4 is 21.6 Å². The van der Waals surface area contributed by atoms with Gasteiger partial charge in [0.05, 0.1) is 10.2 Å². The van der Waals surface area contributed by atoms with Gasteiger partial charge in [0.1, 0.15) is 5.82 Å². The third kappa shape index (κ3) is 1.39. The predicted octanol–water partition coefficient (Wildman–Crippen LogP) is 3.37. The van der Waals surface area contributed by atoms with Crippen molar-refractivity contribution < 1.29 is 13.2 Å². The van der Waals surface area contributed by atoms with Crippen LogP contribution in [0.2, 0.25) is 0 Å². The second kappa shape index (κ2) is 2.99. The van der Waals surface area contributed by atoms with E-state index in [0.29, 0.717) is 16.9 Å². The van der Waals surface area contributed by atoms with E-state index in [0.717, 1.165) is 0 Å². The van der Waals surface area contributed by atoms with Gasteiger partial charge in [0, 0.05) is 0 Å². The first-order chi connectivity index (χ1) is 6.18. The maximum atomic E-state index is 13.0. The highest BCUT2D eigenvalue weighted by Gasteiger charge is 2.14. The van der Waals surface area contributed by atoms with Crippen LogP contribution in [0.5, 0.6) is 0 Å². The molecule has 68 valence electrons. The number of benzene rings is 1. The van der Waals surface area contributed by atoms with Crippen molar-refractivity contribution in [2.24, 2.45) is 0 Å². The molecule has 0 atom stereocenters. The lowest BCUT2D eigenvalue weighted by atomic mass is 10.3. The molecule has 1 aromatic carbocycles. The van der Waals surface area contributed by atoms with E-state index in [2.05, 4.69) is 4.98 Å². The molecule has 1 aromatic heterocycles. The molecule has 5 heteroatoms. The van der Waals surface area contributed by atoms with Gasteiger partial charge in [0.25, 0.3) is 6.43 Å². The highest BCUT2D eigenvalue weighted by molar-refractivity contribution is 7.18. The third-order valence-corrected chi connectivity index (χ3v) is 2.66. The van der Waals surface area contributed by atoms with E-state index in [1.807, 2.05) is 0 Å². The summed E-state index contributed by atoms with van der Waals surface area (Å²) in [5.74, 6) is -0.498. The van der Waals surface area contributed by atoms with Crippen LogP contribution < -0.4 is 0 Å². The highest BCUT2D eigenvalue weighted by atomic mass is 32.1. The standard InChI is InChI=1S/C8H4F3NS/c9-4-2-1-3-5-6(4)13-8(12-5)7(10)11/h1-3,7H. The molecule has 0 N–H and O–H groups in total. The Bertz CT molecular complexity index is 438. The van der Waals surface area contributed by atoms with Gasteiger partial charge in [-0.25, -0.2) is 18.2 Å². The number of rotatable bonds is 1. The van der Waals surface area contributed by atoms with E-state index in [-0.39, 0.29) is 9.71 Å². The quantitative estimate of drug-likeness (QED) is 0.692. The van der Waals surface area contributed by atoms with Crippen LogP contribution in [-0.2, 0) is 0 Å². The maximum absolute atomic E-state index is 13.0. The molecule has 0 fully saturated rings. The lowest BCUT2D eigenvalue weighted by Crippen LogP contribution is -1.79. The van der Waals surface area contributed by atoms with Crippen LogP contribution in [0.4, 0.5) is 13.2 Å². The fourth-order valence-electron chi connectivity index (χ4n) is 1.03. The molecule has 1 heterocycles. The Kier molecular flexibility index (Phi) is 1.95. The van der Waals surface area contributed by atoms with Gasteiger partial charge >= 0.3 is 0 Å². The third-order valence-electron chi connectivity index (χ3n) is 1.57. The summed E-state index contributed by atoms with van der Waals surface area (Å²) in [6.07, 6.45) is -2.63. The molecule has 13 heavy (non-hydrogen) atoms. The zero-order valence-corrected chi connectivity index (χ0v) is 7.12. The maximum Gasteiger partial charge on any atom is 0.289 e. The Labute approximate surface area is 75.8 Å². The van der Waals surface area contributed by atoms with Gasteiger partial charge in [-0.05, 0) is 12.1 Å². The number of aromatic nitrogens is 1. The second-order valence-electron chi connectivity index (χ2n) is 2.44. The molecule has 0 saturated carbocycles. The minimum absolute atomic E-state index is 0.192. The monoisotopic (exact) mass is 203 g/mol. The fraction of sp³-hybridized carbons (Fsp3) is 0.125. The molecule has 0 spiro atoms. The number of halogens is 3. The average molecular weight is 203 g/mol. The molecular formula is C8H4F3NS. The molecular weight excluding hydrogens is 199 g/mol. The average Bonchev–Trinajstić information content (AvgIpc) is 2.49. The second-order valence-corrected chi connectivity index (χ2v) is 3.47. The van der Waals surface area contributed by atoms with Crippen molar-refractivity contribution in [3.05, 3.63) is 29.0 Å².